The molecule has 0 bridgehead atoms. The van der Waals surface area contributed by atoms with Crippen molar-refractivity contribution >= 4 is 31.9 Å². The molecule has 7 heteroatoms. The third-order valence-electron chi connectivity index (χ3n) is 3.68. The number of hydrogen-bond acceptors (Lipinski definition) is 4. The van der Waals surface area contributed by atoms with Crippen molar-refractivity contribution in [2.75, 3.05) is 0 Å². The molecule has 2 N–H and O–H groups in total. The number of carbonyl (C=O) groups excluding carboxylic acids is 1. The van der Waals surface area contributed by atoms with Gasteiger partial charge in [-0.25, -0.2) is 18.4 Å². The molecule has 1 aliphatic rings. The zero-order chi connectivity index (χ0) is 15.6. The summed E-state index contributed by atoms with van der Waals surface area (Å²) in [5.41, 5.74) is 0.556. The van der Waals surface area contributed by atoms with Crippen molar-refractivity contribution in [3.8, 4) is 0 Å². The lowest BCUT2D eigenvalue weighted by molar-refractivity contribution is 0.0210. The minimum atomic E-state index is -3.88. The van der Waals surface area contributed by atoms with Crippen LogP contribution in [-0.2, 0) is 14.8 Å². The van der Waals surface area contributed by atoms with Gasteiger partial charge in [-0.1, -0.05) is 22.4 Å². The first kappa shape index (κ1) is 16.5. The molecule has 1 saturated carbocycles. The maximum atomic E-state index is 12.3. The largest absolute Gasteiger partial charge is 0.459 e. The van der Waals surface area contributed by atoms with Crippen LogP contribution < -0.4 is 5.14 Å². The van der Waals surface area contributed by atoms with Crippen molar-refractivity contribution in [1.82, 2.24) is 0 Å². The predicted octanol–water partition coefficient (Wildman–Crippen LogP) is 2.89. The summed E-state index contributed by atoms with van der Waals surface area (Å²) >= 11 is 3.21. The number of rotatable bonds is 3. The topological polar surface area (TPSA) is 86.5 Å². The normalized spacial score (nSPS) is 16.7. The van der Waals surface area contributed by atoms with Gasteiger partial charge in [0.1, 0.15) is 6.10 Å². The molecular formula is C14H18BrNO4S. The summed E-state index contributed by atoms with van der Waals surface area (Å²) in [4.78, 5) is 12.2. The summed E-state index contributed by atoms with van der Waals surface area (Å²) < 4.78 is 29.1. The van der Waals surface area contributed by atoms with Gasteiger partial charge in [0.2, 0.25) is 10.0 Å². The number of hydrogen-bond donors (Lipinski definition) is 1. The van der Waals surface area contributed by atoms with Gasteiger partial charge in [-0.3, -0.25) is 0 Å². The molecule has 0 atom stereocenters. The lowest BCUT2D eigenvalue weighted by Crippen LogP contribution is -2.22. The molecule has 0 amide bonds. The first-order valence-corrected chi connectivity index (χ1v) is 9.17. The number of sulfonamides is 1. The Morgan fingerprint density at radius 1 is 1.29 bits per heavy atom. The molecule has 0 saturated heterocycles. The van der Waals surface area contributed by atoms with E-state index in [9.17, 15) is 13.2 Å². The minimum absolute atomic E-state index is 0.0625. The minimum Gasteiger partial charge on any atom is -0.459 e. The number of halogens is 1. The Bertz CT molecular complexity index is 651. The molecule has 2 rings (SSSR count). The Balaban J connectivity index is 2.30. The van der Waals surface area contributed by atoms with Gasteiger partial charge in [-0.2, -0.15) is 0 Å². The number of nitrogens with two attached hydrogens (primary N) is 1. The Hall–Kier alpha value is -0.920. The molecule has 116 valence electrons. The van der Waals surface area contributed by atoms with E-state index in [1.807, 2.05) is 0 Å². The first-order valence-electron chi connectivity index (χ1n) is 6.83. The maximum Gasteiger partial charge on any atom is 0.338 e. The standard InChI is InChI=1S/C14H18BrNO4S/c1-9-12(7-10(15)8-13(9)21(16,18)19)14(17)20-11-5-3-2-4-6-11/h7-8,11H,2-6H2,1H3,(H2,16,18,19). The summed E-state index contributed by atoms with van der Waals surface area (Å²) in [6, 6.07) is 2.96. The fourth-order valence-corrected chi connectivity index (χ4v) is 4.00. The summed E-state index contributed by atoms with van der Waals surface area (Å²) in [6.45, 7) is 1.56. The van der Waals surface area contributed by atoms with E-state index in [1.165, 1.54) is 12.5 Å². The van der Waals surface area contributed by atoms with Gasteiger partial charge in [0.25, 0.3) is 0 Å². The number of ether oxygens (including phenoxy) is 1. The van der Waals surface area contributed by atoms with Crippen LogP contribution in [0.2, 0.25) is 0 Å². The van der Waals surface area contributed by atoms with E-state index in [0.717, 1.165) is 25.7 Å². The predicted molar refractivity (Wildman–Crippen MR) is 82.5 cm³/mol. The Morgan fingerprint density at radius 2 is 1.90 bits per heavy atom. The van der Waals surface area contributed by atoms with Gasteiger partial charge in [-0.05, 0) is 50.3 Å². The zero-order valence-electron chi connectivity index (χ0n) is 11.8. The highest BCUT2D eigenvalue weighted by molar-refractivity contribution is 9.10. The molecule has 1 fully saturated rings. The zero-order valence-corrected chi connectivity index (χ0v) is 14.2. The van der Waals surface area contributed by atoms with Gasteiger partial charge in [0.05, 0.1) is 10.5 Å². The summed E-state index contributed by atoms with van der Waals surface area (Å²) in [7, 11) is -3.88. The fourth-order valence-electron chi connectivity index (χ4n) is 2.56. The van der Waals surface area contributed by atoms with Crippen LogP contribution in [0.4, 0.5) is 0 Å². The summed E-state index contributed by atoms with van der Waals surface area (Å²) in [5.74, 6) is -0.495. The highest BCUT2D eigenvalue weighted by Gasteiger charge is 2.23. The van der Waals surface area contributed by atoms with Gasteiger partial charge in [0, 0.05) is 4.47 Å². The number of benzene rings is 1. The lowest BCUT2D eigenvalue weighted by Gasteiger charge is -2.22. The van der Waals surface area contributed by atoms with Crippen LogP contribution in [0.1, 0.15) is 48.0 Å². The van der Waals surface area contributed by atoms with Crippen LogP contribution in [0.15, 0.2) is 21.5 Å². The van der Waals surface area contributed by atoms with Gasteiger partial charge >= 0.3 is 5.97 Å². The van der Waals surface area contributed by atoms with Crippen molar-refractivity contribution in [3.63, 3.8) is 0 Å². The van der Waals surface area contributed by atoms with E-state index in [0.29, 0.717) is 10.0 Å². The average molecular weight is 376 g/mol. The number of esters is 1. The van der Waals surface area contributed by atoms with Crippen LogP contribution in [0.3, 0.4) is 0 Å². The van der Waals surface area contributed by atoms with E-state index < -0.39 is 16.0 Å². The molecule has 0 unspecified atom stereocenters. The van der Waals surface area contributed by atoms with Gasteiger partial charge in [0.15, 0.2) is 0 Å². The third kappa shape index (κ3) is 4.05. The molecule has 0 aromatic heterocycles. The van der Waals surface area contributed by atoms with Gasteiger partial charge in [-0.15, -0.1) is 0 Å². The molecule has 1 aromatic carbocycles. The van der Waals surface area contributed by atoms with Crippen LogP contribution in [0.25, 0.3) is 0 Å². The fraction of sp³-hybridized carbons (Fsp3) is 0.500. The van der Waals surface area contributed by atoms with Crippen LogP contribution in [0.5, 0.6) is 0 Å². The average Bonchev–Trinajstić information content (AvgIpc) is 2.40. The molecule has 1 aliphatic carbocycles. The van der Waals surface area contributed by atoms with E-state index in [2.05, 4.69) is 15.9 Å². The van der Waals surface area contributed by atoms with Crippen molar-refractivity contribution in [2.24, 2.45) is 5.14 Å². The SMILES string of the molecule is Cc1c(C(=O)OC2CCCCC2)cc(Br)cc1S(N)(=O)=O. The molecule has 0 radical (unpaired) electrons. The van der Waals surface area contributed by atoms with Crippen molar-refractivity contribution < 1.29 is 17.9 Å². The molecule has 0 aliphatic heterocycles. The molecule has 1 aromatic rings. The smallest absolute Gasteiger partial charge is 0.338 e. The molecule has 0 heterocycles. The van der Waals surface area contributed by atoms with E-state index in [1.54, 1.807) is 13.0 Å². The van der Waals surface area contributed by atoms with Crippen LogP contribution >= 0.6 is 15.9 Å². The monoisotopic (exact) mass is 375 g/mol. The number of primary sulfonamides is 1. The highest BCUT2D eigenvalue weighted by atomic mass is 79.9. The second-order valence-electron chi connectivity index (χ2n) is 5.29. The van der Waals surface area contributed by atoms with Gasteiger partial charge < -0.3 is 4.74 Å². The Labute approximate surface area is 133 Å². The van der Waals surface area contributed by atoms with Crippen molar-refractivity contribution in [3.05, 3.63) is 27.7 Å². The highest BCUT2D eigenvalue weighted by Crippen LogP contribution is 2.27. The molecule has 5 nitrogen and oxygen atoms in total. The second-order valence-corrected chi connectivity index (χ2v) is 7.73. The molecule has 21 heavy (non-hydrogen) atoms. The maximum absolute atomic E-state index is 12.3. The summed E-state index contributed by atoms with van der Waals surface area (Å²) in [5, 5.41) is 5.18. The second kappa shape index (κ2) is 6.46. The Kier molecular flexibility index (Phi) is 5.06. The first-order chi connectivity index (χ1) is 9.79. The van der Waals surface area contributed by atoms with Crippen LogP contribution in [0, 0.1) is 6.92 Å². The molecule has 0 spiro atoms. The van der Waals surface area contributed by atoms with Crippen molar-refractivity contribution in [2.45, 2.75) is 50.0 Å². The lowest BCUT2D eigenvalue weighted by atomic mass is 9.97. The van der Waals surface area contributed by atoms with E-state index >= 15 is 0 Å². The van der Waals surface area contributed by atoms with Crippen molar-refractivity contribution in [1.29, 1.82) is 0 Å². The number of carbonyl (C=O) groups is 1. The molecular weight excluding hydrogens is 358 g/mol. The van der Waals surface area contributed by atoms with E-state index in [-0.39, 0.29) is 16.6 Å². The van der Waals surface area contributed by atoms with E-state index in [4.69, 9.17) is 9.88 Å². The Morgan fingerprint density at radius 3 is 2.48 bits per heavy atom. The quantitative estimate of drug-likeness (QED) is 0.822. The third-order valence-corrected chi connectivity index (χ3v) is 5.17. The van der Waals surface area contributed by atoms with Crippen LogP contribution in [-0.4, -0.2) is 20.5 Å². The summed E-state index contributed by atoms with van der Waals surface area (Å²) in [6.07, 6.45) is 4.92.